The average Bonchev–Trinajstić information content (AvgIpc) is 2.26. The monoisotopic (exact) mass is 220 g/mol. The minimum Gasteiger partial charge on any atom is -0.493 e. The van der Waals surface area contributed by atoms with Crippen LogP contribution >= 0.6 is 0 Å². The molecule has 0 aliphatic heterocycles. The van der Waals surface area contributed by atoms with Crippen molar-refractivity contribution in [2.75, 3.05) is 7.11 Å². The minimum atomic E-state index is -0.601. The van der Waals surface area contributed by atoms with Gasteiger partial charge in [-0.05, 0) is 19.8 Å². The summed E-state index contributed by atoms with van der Waals surface area (Å²) < 4.78 is 4.98. The first-order valence-electron chi connectivity index (χ1n) is 5.49. The number of hydrogen-bond donors (Lipinski definition) is 0. The third kappa shape index (κ3) is 1.42. The Kier molecular flexibility index (Phi) is 2.49. The molecule has 3 heteroatoms. The highest BCUT2D eigenvalue weighted by atomic mass is 16.5. The Morgan fingerprint density at radius 1 is 1.44 bits per heavy atom. The van der Waals surface area contributed by atoms with Gasteiger partial charge >= 0.3 is 0 Å². The normalized spacial score (nSPS) is 34.1. The molecule has 0 heterocycles. The molecule has 0 N–H and O–H groups in total. The summed E-state index contributed by atoms with van der Waals surface area (Å²) >= 11 is 0. The Morgan fingerprint density at radius 2 is 2.12 bits per heavy atom. The predicted molar refractivity (Wildman–Crippen MR) is 59.7 cm³/mol. The molecule has 86 valence electrons. The summed E-state index contributed by atoms with van der Waals surface area (Å²) in [5.74, 6) is -0.0182. The molecular weight excluding hydrogens is 204 g/mol. The van der Waals surface area contributed by atoms with E-state index in [9.17, 15) is 9.59 Å². The van der Waals surface area contributed by atoms with Gasteiger partial charge in [0.15, 0.2) is 11.5 Å². The maximum atomic E-state index is 12.2. The number of Topliss-reactive ketones (excluding diaryl/α,β-unsaturated/α-hetero) is 1. The Hall–Kier alpha value is -1.38. The zero-order valence-electron chi connectivity index (χ0n) is 9.87. The van der Waals surface area contributed by atoms with Gasteiger partial charge in [-0.2, -0.15) is 0 Å². The molecule has 0 saturated carbocycles. The second-order valence-corrected chi connectivity index (χ2v) is 4.87. The van der Waals surface area contributed by atoms with Crippen LogP contribution in [0.15, 0.2) is 23.5 Å². The Bertz CT molecular complexity index is 417. The molecular formula is C13H16O3. The van der Waals surface area contributed by atoms with E-state index in [1.165, 1.54) is 18.8 Å². The van der Waals surface area contributed by atoms with Crippen molar-refractivity contribution in [3.8, 4) is 0 Å². The fraction of sp³-hybridized carbons (Fsp3) is 0.538. The summed E-state index contributed by atoms with van der Waals surface area (Å²) in [6, 6.07) is 0. The van der Waals surface area contributed by atoms with E-state index in [0.717, 1.165) is 0 Å². The molecule has 2 rings (SSSR count). The number of rotatable bonds is 1. The van der Waals surface area contributed by atoms with Crippen LogP contribution < -0.4 is 0 Å². The standard InChI is InChI=1S/C13H16O3/c1-8-4-5-13(2)9(6-8)10(14)7-11(16-3)12(13)15/h4,7,9H,5-6H2,1-3H3. The summed E-state index contributed by atoms with van der Waals surface area (Å²) in [6.45, 7) is 3.87. The second-order valence-electron chi connectivity index (χ2n) is 4.87. The molecule has 0 radical (unpaired) electrons. The smallest absolute Gasteiger partial charge is 0.204 e. The Balaban J connectivity index is 2.46. The van der Waals surface area contributed by atoms with Crippen LogP contribution in [0.25, 0.3) is 0 Å². The van der Waals surface area contributed by atoms with E-state index in [0.29, 0.717) is 12.8 Å². The van der Waals surface area contributed by atoms with Crippen molar-refractivity contribution in [2.45, 2.75) is 26.7 Å². The summed E-state index contributed by atoms with van der Waals surface area (Å²) in [4.78, 5) is 24.1. The first-order chi connectivity index (χ1) is 7.49. The number of ketones is 2. The van der Waals surface area contributed by atoms with Gasteiger partial charge < -0.3 is 4.74 Å². The van der Waals surface area contributed by atoms with Gasteiger partial charge in [0, 0.05) is 17.4 Å². The van der Waals surface area contributed by atoms with Crippen molar-refractivity contribution in [2.24, 2.45) is 11.3 Å². The number of allylic oxidation sites excluding steroid dienone is 4. The largest absolute Gasteiger partial charge is 0.493 e. The van der Waals surface area contributed by atoms with Gasteiger partial charge in [-0.1, -0.05) is 18.6 Å². The number of carbonyl (C=O) groups is 2. The van der Waals surface area contributed by atoms with Crippen LogP contribution in [0.1, 0.15) is 26.7 Å². The van der Waals surface area contributed by atoms with E-state index in [1.807, 2.05) is 13.8 Å². The molecule has 0 spiro atoms. The molecule has 0 bridgehead atoms. The fourth-order valence-electron chi connectivity index (χ4n) is 2.55. The molecule has 2 aliphatic carbocycles. The summed E-state index contributed by atoms with van der Waals surface area (Å²) in [5.41, 5.74) is 0.592. The van der Waals surface area contributed by atoms with Crippen molar-refractivity contribution in [3.05, 3.63) is 23.5 Å². The molecule has 0 aromatic carbocycles. The van der Waals surface area contributed by atoms with Crippen molar-refractivity contribution in [1.29, 1.82) is 0 Å². The SMILES string of the molecule is COC1=CC(=O)C2CC(C)=CCC2(C)C1=O. The molecule has 0 saturated heterocycles. The van der Waals surface area contributed by atoms with Gasteiger partial charge in [0.2, 0.25) is 5.78 Å². The quantitative estimate of drug-likeness (QED) is 0.635. The maximum Gasteiger partial charge on any atom is 0.204 e. The minimum absolute atomic E-state index is 0.0198. The number of carbonyl (C=O) groups excluding carboxylic acids is 2. The molecule has 0 aromatic rings. The Labute approximate surface area is 95.2 Å². The van der Waals surface area contributed by atoms with Gasteiger partial charge in [0.25, 0.3) is 0 Å². The second kappa shape index (κ2) is 3.58. The van der Waals surface area contributed by atoms with E-state index in [1.54, 1.807) is 0 Å². The van der Waals surface area contributed by atoms with Crippen LogP contribution in [0.2, 0.25) is 0 Å². The van der Waals surface area contributed by atoms with Gasteiger partial charge in [-0.15, -0.1) is 0 Å². The average molecular weight is 220 g/mol. The van der Waals surface area contributed by atoms with E-state index < -0.39 is 5.41 Å². The highest BCUT2D eigenvalue weighted by Gasteiger charge is 2.49. The Morgan fingerprint density at radius 3 is 2.75 bits per heavy atom. The number of methoxy groups -OCH3 is 1. The van der Waals surface area contributed by atoms with Crippen LogP contribution in [0, 0.1) is 11.3 Å². The molecule has 16 heavy (non-hydrogen) atoms. The number of fused-ring (bicyclic) bond motifs is 1. The lowest BCUT2D eigenvalue weighted by atomic mass is 9.61. The first-order valence-corrected chi connectivity index (χ1v) is 5.49. The fourth-order valence-corrected chi connectivity index (χ4v) is 2.55. The molecule has 0 amide bonds. The van der Waals surface area contributed by atoms with Crippen molar-refractivity contribution in [3.63, 3.8) is 0 Å². The lowest BCUT2D eigenvalue weighted by molar-refractivity contribution is -0.139. The number of ether oxygens (including phenoxy) is 1. The maximum absolute atomic E-state index is 12.2. The highest BCUT2D eigenvalue weighted by molar-refractivity contribution is 6.11. The number of hydrogen-bond acceptors (Lipinski definition) is 3. The first kappa shape index (κ1) is 11.1. The van der Waals surface area contributed by atoms with Crippen LogP contribution in [0.5, 0.6) is 0 Å². The van der Waals surface area contributed by atoms with Crippen LogP contribution in [0.3, 0.4) is 0 Å². The summed E-state index contributed by atoms with van der Waals surface area (Å²) in [7, 11) is 1.44. The van der Waals surface area contributed by atoms with Gasteiger partial charge in [0.1, 0.15) is 0 Å². The zero-order chi connectivity index (χ0) is 11.9. The molecule has 0 aromatic heterocycles. The molecule has 2 unspecified atom stereocenters. The molecule has 2 atom stereocenters. The molecule has 2 aliphatic rings. The molecule has 0 fully saturated rings. The van der Waals surface area contributed by atoms with Crippen molar-refractivity contribution < 1.29 is 14.3 Å². The van der Waals surface area contributed by atoms with Crippen molar-refractivity contribution in [1.82, 2.24) is 0 Å². The summed E-state index contributed by atoms with van der Waals surface area (Å²) in [5, 5.41) is 0. The molecule has 3 nitrogen and oxygen atoms in total. The topological polar surface area (TPSA) is 43.4 Å². The van der Waals surface area contributed by atoms with Crippen LogP contribution in [-0.2, 0) is 14.3 Å². The third-order valence-electron chi connectivity index (χ3n) is 3.75. The van der Waals surface area contributed by atoms with E-state index >= 15 is 0 Å². The van der Waals surface area contributed by atoms with E-state index in [-0.39, 0.29) is 23.2 Å². The van der Waals surface area contributed by atoms with Gasteiger partial charge in [0.05, 0.1) is 7.11 Å². The summed E-state index contributed by atoms with van der Waals surface area (Å²) in [6.07, 6.45) is 4.73. The van der Waals surface area contributed by atoms with E-state index in [2.05, 4.69) is 6.08 Å². The van der Waals surface area contributed by atoms with E-state index in [4.69, 9.17) is 4.74 Å². The lowest BCUT2D eigenvalue weighted by Crippen LogP contribution is -2.45. The van der Waals surface area contributed by atoms with Crippen LogP contribution in [0.4, 0.5) is 0 Å². The highest BCUT2D eigenvalue weighted by Crippen LogP contribution is 2.45. The zero-order valence-corrected chi connectivity index (χ0v) is 9.87. The van der Waals surface area contributed by atoms with Gasteiger partial charge in [-0.3, -0.25) is 9.59 Å². The van der Waals surface area contributed by atoms with Gasteiger partial charge in [-0.25, -0.2) is 0 Å². The van der Waals surface area contributed by atoms with Crippen molar-refractivity contribution >= 4 is 11.6 Å². The third-order valence-corrected chi connectivity index (χ3v) is 3.75. The lowest BCUT2D eigenvalue weighted by Gasteiger charge is -2.40. The predicted octanol–water partition coefficient (Wildman–Crippen LogP) is 2.03. The van der Waals surface area contributed by atoms with Crippen LogP contribution in [-0.4, -0.2) is 18.7 Å².